The van der Waals surface area contributed by atoms with Crippen LogP contribution in [0.1, 0.15) is 64.2 Å². The topological polar surface area (TPSA) is 12.0 Å². The van der Waals surface area contributed by atoms with E-state index in [0.29, 0.717) is 0 Å². The minimum absolute atomic E-state index is 0.879. The van der Waals surface area contributed by atoms with Crippen molar-refractivity contribution in [3.8, 4) is 0 Å². The van der Waals surface area contributed by atoms with Gasteiger partial charge in [-0.3, -0.25) is 0 Å². The number of rotatable bonds is 6. The first-order valence-electron chi connectivity index (χ1n) is 8.63. The van der Waals surface area contributed by atoms with E-state index >= 15 is 0 Å². The fourth-order valence-corrected chi connectivity index (χ4v) is 4.48. The van der Waals surface area contributed by atoms with Gasteiger partial charge in [0.25, 0.3) is 0 Å². The summed E-state index contributed by atoms with van der Waals surface area (Å²) in [4.78, 5) is 0. The lowest BCUT2D eigenvalue weighted by Gasteiger charge is -2.31. The van der Waals surface area contributed by atoms with Crippen molar-refractivity contribution in [2.24, 2.45) is 29.6 Å². The van der Waals surface area contributed by atoms with Gasteiger partial charge in [-0.2, -0.15) is 0 Å². The minimum Gasteiger partial charge on any atom is -0.314 e. The summed E-state index contributed by atoms with van der Waals surface area (Å²) in [5.41, 5.74) is 0. The van der Waals surface area contributed by atoms with Crippen LogP contribution in [0.15, 0.2) is 0 Å². The van der Waals surface area contributed by atoms with Crippen molar-refractivity contribution < 1.29 is 0 Å². The average Bonchev–Trinajstić information content (AvgIpc) is 3.27. The van der Waals surface area contributed by atoms with Gasteiger partial charge >= 0.3 is 0 Å². The molecule has 0 aromatic carbocycles. The summed E-state index contributed by atoms with van der Waals surface area (Å²) in [6.45, 7) is 1.36. The third-order valence-corrected chi connectivity index (χ3v) is 6.10. The van der Waals surface area contributed by atoms with Crippen molar-refractivity contribution in [3.05, 3.63) is 0 Å². The number of nitrogens with one attached hydrogen (secondary N) is 1. The van der Waals surface area contributed by atoms with E-state index in [-0.39, 0.29) is 0 Å². The Bertz CT molecular complexity index is 276. The molecular weight excluding hydrogens is 218 g/mol. The summed E-state index contributed by atoms with van der Waals surface area (Å²) in [5, 5.41) is 3.98. The monoisotopic (exact) mass is 247 g/mol. The van der Waals surface area contributed by atoms with E-state index in [2.05, 4.69) is 5.32 Å². The van der Waals surface area contributed by atoms with Crippen LogP contribution in [0.5, 0.6) is 0 Å². The molecule has 0 saturated heterocycles. The Hall–Kier alpha value is -0.0400. The van der Waals surface area contributed by atoms with Crippen molar-refractivity contribution in [1.82, 2.24) is 5.32 Å². The van der Waals surface area contributed by atoms with Gasteiger partial charge in [-0.05, 0) is 87.5 Å². The molecule has 4 aliphatic rings. The molecule has 0 heterocycles. The Morgan fingerprint density at radius 1 is 0.778 bits per heavy atom. The fraction of sp³-hybridized carbons (Fsp3) is 1.00. The molecule has 0 spiro atoms. The average molecular weight is 247 g/mol. The molecule has 1 nitrogen and oxygen atoms in total. The van der Waals surface area contributed by atoms with Crippen molar-refractivity contribution in [2.75, 3.05) is 6.54 Å². The van der Waals surface area contributed by atoms with Gasteiger partial charge in [-0.25, -0.2) is 0 Å². The van der Waals surface area contributed by atoms with Crippen LogP contribution < -0.4 is 5.32 Å². The van der Waals surface area contributed by atoms with E-state index in [4.69, 9.17) is 0 Å². The SMILES string of the molecule is C1CC(NCC(C2CC2)C2CC2)CC(C2CC2)C1. The van der Waals surface area contributed by atoms with Crippen molar-refractivity contribution in [3.63, 3.8) is 0 Å². The van der Waals surface area contributed by atoms with Crippen molar-refractivity contribution in [1.29, 1.82) is 0 Å². The summed E-state index contributed by atoms with van der Waals surface area (Å²) in [6, 6.07) is 0.879. The molecule has 0 aliphatic heterocycles. The first-order chi connectivity index (χ1) is 8.90. The highest BCUT2D eigenvalue weighted by molar-refractivity contribution is 4.94. The van der Waals surface area contributed by atoms with Crippen LogP contribution in [0.25, 0.3) is 0 Å². The maximum atomic E-state index is 3.98. The fourth-order valence-electron chi connectivity index (χ4n) is 4.48. The third-order valence-electron chi connectivity index (χ3n) is 6.10. The van der Waals surface area contributed by atoms with E-state index in [9.17, 15) is 0 Å². The van der Waals surface area contributed by atoms with Crippen LogP contribution in [0, 0.1) is 29.6 Å². The van der Waals surface area contributed by atoms with Gasteiger partial charge in [0.1, 0.15) is 0 Å². The molecule has 18 heavy (non-hydrogen) atoms. The van der Waals surface area contributed by atoms with Gasteiger partial charge in [0.2, 0.25) is 0 Å². The maximum Gasteiger partial charge on any atom is 0.00699 e. The highest BCUT2D eigenvalue weighted by Crippen LogP contribution is 2.49. The van der Waals surface area contributed by atoms with Gasteiger partial charge in [-0.15, -0.1) is 0 Å². The summed E-state index contributed by atoms with van der Waals surface area (Å²) >= 11 is 0. The predicted molar refractivity (Wildman–Crippen MR) is 75.4 cm³/mol. The molecule has 0 bridgehead atoms. The molecule has 0 radical (unpaired) electrons. The van der Waals surface area contributed by atoms with E-state index in [1.807, 2.05) is 0 Å². The molecule has 0 aromatic heterocycles. The van der Waals surface area contributed by atoms with Gasteiger partial charge in [0, 0.05) is 6.04 Å². The zero-order valence-corrected chi connectivity index (χ0v) is 11.7. The van der Waals surface area contributed by atoms with E-state index < -0.39 is 0 Å². The lowest BCUT2D eigenvalue weighted by atomic mass is 9.82. The molecular formula is C17H29N. The summed E-state index contributed by atoms with van der Waals surface area (Å²) in [6.07, 6.45) is 15.3. The standard InChI is InChI=1S/C17H29N/c1-2-15(12-4-5-12)10-16(3-1)18-11-17(13-6-7-13)14-8-9-14/h12-18H,1-11H2. The molecule has 102 valence electrons. The normalized spacial score (nSPS) is 37.2. The quantitative estimate of drug-likeness (QED) is 0.748. The first kappa shape index (κ1) is 11.8. The summed E-state index contributed by atoms with van der Waals surface area (Å²) in [7, 11) is 0. The van der Waals surface area contributed by atoms with E-state index in [0.717, 1.165) is 35.6 Å². The van der Waals surface area contributed by atoms with E-state index in [1.165, 1.54) is 57.9 Å². The van der Waals surface area contributed by atoms with Crippen LogP contribution >= 0.6 is 0 Å². The van der Waals surface area contributed by atoms with Crippen molar-refractivity contribution in [2.45, 2.75) is 70.3 Å². The van der Waals surface area contributed by atoms with Crippen LogP contribution in [0.3, 0.4) is 0 Å². The smallest absolute Gasteiger partial charge is 0.00699 e. The molecule has 4 fully saturated rings. The molecule has 4 saturated carbocycles. The zero-order valence-electron chi connectivity index (χ0n) is 11.7. The van der Waals surface area contributed by atoms with Crippen LogP contribution in [-0.4, -0.2) is 12.6 Å². The molecule has 2 atom stereocenters. The molecule has 4 aliphatic carbocycles. The second kappa shape index (κ2) is 4.81. The highest BCUT2D eigenvalue weighted by atomic mass is 14.9. The predicted octanol–water partition coefficient (Wildman–Crippen LogP) is 3.98. The lowest BCUT2D eigenvalue weighted by molar-refractivity contribution is 0.244. The Balaban J connectivity index is 1.25. The molecule has 1 N–H and O–H groups in total. The van der Waals surface area contributed by atoms with Crippen LogP contribution in [0.4, 0.5) is 0 Å². The minimum atomic E-state index is 0.879. The third kappa shape index (κ3) is 2.76. The highest BCUT2D eigenvalue weighted by Gasteiger charge is 2.41. The Morgan fingerprint density at radius 3 is 2.11 bits per heavy atom. The molecule has 4 rings (SSSR count). The molecule has 1 heteroatoms. The largest absolute Gasteiger partial charge is 0.314 e. The second-order valence-electron chi connectivity index (χ2n) is 7.71. The second-order valence-corrected chi connectivity index (χ2v) is 7.71. The van der Waals surface area contributed by atoms with E-state index in [1.54, 1.807) is 12.8 Å². The number of hydrogen-bond donors (Lipinski definition) is 1. The maximum absolute atomic E-state index is 3.98. The van der Waals surface area contributed by atoms with Crippen LogP contribution in [-0.2, 0) is 0 Å². The number of hydrogen-bond acceptors (Lipinski definition) is 1. The first-order valence-corrected chi connectivity index (χ1v) is 8.63. The molecule has 2 unspecified atom stereocenters. The van der Waals surface area contributed by atoms with Gasteiger partial charge in [-0.1, -0.05) is 12.8 Å². The Labute approximate surface area is 112 Å². The summed E-state index contributed by atoms with van der Waals surface area (Å²) < 4.78 is 0. The molecule has 0 amide bonds. The van der Waals surface area contributed by atoms with Gasteiger partial charge < -0.3 is 5.32 Å². The zero-order chi connectivity index (χ0) is 11.9. The van der Waals surface area contributed by atoms with Gasteiger partial charge in [0.15, 0.2) is 0 Å². The Kier molecular flexibility index (Phi) is 3.14. The summed E-state index contributed by atoms with van der Waals surface area (Å²) in [5.74, 6) is 5.53. The van der Waals surface area contributed by atoms with Crippen molar-refractivity contribution >= 4 is 0 Å². The molecule has 0 aromatic rings. The van der Waals surface area contributed by atoms with Crippen LogP contribution in [0.2, 0.25) is 0 Å². The van der Waals surface area contributed by atoms with Gasteiger partial charge in [0.05, 0.1) is 0 Å². The lowest BCUT2D eigenvalue weighted by Crippen LogP contribution is -2.38. The Morgan fingerprint density at radius 2 is 1.50 bits per heavy atom.